The van der Waals surface area contributed by atoms with Crippen LogP contribution in [0.4, 0.5) is 11.6 Å². The molecule has 0 radical (unpaired) electrons. The molecule has 0 saturated carbocycles. The molecule has 0 aliphatic carbocycles. The Bertz CT molecular complexity index is 678. The van der Waals surface area contributed by atoms with Crippen LogP contribution >= 0.6 is 0 Å². The highest BCUT2D eigenvalue weighted by Gasteiger charge is 2.27. The number of anilines is 2. The van der Waals surface area contributed by atoms with Crippen LogP contribution in [0.2, 0.25) is 0 Å². The van der Waals surface area contributed by atoms with Crippen molar-refractivity contribution in [2.45, 2.75) is 6.42 Å². The van der Waals surface area contributed by atoms with Gasteiger partial charge in [-0.25, -0.2) is 5.10 Å². The number of carbonyl (C=O) groups is 1. The first-order valence-corrected chi connectivity index (χ1v) is 8.02. The second-order valence-electron chi connectivity index (χ2n) is 6.00. The van der Waals surface area contributed by atoms with Gasteiger partial charge < -0.3 is 9.80 Å². The lowest BCUT2D eigenvalue weighted by molar-refractivity contribution is -0.119. The Morgan fingerprint density at radius 1 is 1.13 bits per heavy atom. The number of carbonyl (C=O) groups excluding carboxylic acids is 1. The van der Waals surface area contributed by atoms with E-state index in [9.17, 15) is 4.79 Å². The molecule has 1 aromatic carbocycles. The molecule has 0 atom stereocenters. The Morgan fingerprint density at radius 3 is 2.74 bits per heavy atom. The summed E-state index contributed by atoms with van der Waals surface area (Å²) in [5.41, 5.74) is 2.36. The van der Waals surface area contributed by atoms with Crippen LogP contribution in [0.5, 0.6) is 0 Å². The van der Waals surface area contributed by atoms with E-state index in [2.05, 4.69) is 31.0 Å². The summed E-state index contributed by atoms with van der Waals surface area (Å²) in [7, 11) is 0. The van der Waals surface area contributed by atoms with Crippen molar-refractivity contribution in [3.8, 4) is 0 Å². The average Bonchev–Trinajstić information content (AvgIpc) is 3.25. The fourth-order valence-electron chi connectivity index (χ4n) is 3.34. The van der Waals surface area contributed by atoms with Gasteiger partial charge in [-0.05, 0) is 18.1 Å². The number of benzene rings is 1. The highest BCUT2D eigenvalue weighted by molar-refractivity contribution is 5.96. The van der Waals surface area contributed by atoms with Crippen LogP contribution in [-0.2, 0) is 11.2 Å². The molecule has 2 aliphatic rings. The molecule has 1 aromatic heterocycles. The zero-order chi connectivity index (χ0) is 15.6. The third-order valence-corrected chi connectivity index (χ3v) is 4.62. The van der Waals surface area contributed by atoms with Crippen molar-refractivity contribution in [2.24, 2.45) is 0 Å². The number of para-hydroxylation sites is 1. The van der Waals surface area contributed by atoms with E-state index in [4.69, 9.17) is 0 Å². The monoisotopic (exact) mass is 312 g/mol. The van der Waals surface area contributed by atoms with Crippen LogP contribution in [0.25, 0.3) is 0 Å². The van der Waals surface area contributed by atoms with E-state index in [-0.39, 0.29) is 5.91 Å². The molecular formula is C16H20N6O. The maximum absolute atomic E-state index is 12.6. The summed E-state index contributed by atoms with van der Waals surface area (Å²) in [4.78, 5) is 23.1. The van der Waals surface area contributed by atoms with Crippen molar-refractivity contribution < 1.29 is 4.79 Å². The number of piperazine rings is 1. The summed E-state index contributed by atoms with van der Waals surface area (Å²) < 4.78 is 0. The number of nitrogens with zero attached hydrogens (tertiary/aromatic N) is 5. The normalized spacial score (nSPS) is 18.3. The molecule has 120 valence electrons. The molecule has 4 rings (SSSR count). The Labute approximate surface area is 134 Å². The van der Waals surface area contributed by atoms with E-state index < -0.39 is 0 Å². The molecule has 0 spiro atoms. The van der Waals surface area contributed by atoms with Gasteiger partial charge in [-0.2, -0.15) is 10.1 Å². The fraction of sp³-hybridized carbons (Fsp3) is 0.438. The van der Waals surface area contributed by atoms with Gasteiger partial charge in [-0.1, -0.05) is 18.2 Å². The average molecular weight is 312 g/mol. The summed E-state index contributed by atoms with van der Waals surface area (Å²) in [6.07, 6.45) is 2.48. The lowest BCUT2D eigenvalue weighted by Gasteiger charge is -2.34. The first-order chi connectivity index (χ1) is 11.3. The van der Waals surface area contributed by atoms with Crippen molar-refractivity contribution in [2.75, 3.05) is 49.1 Å². The lowest BCUT2D eigenvalue weighted by Crippen LogP contribution is -2.50. The van der Waals surface area contributed by atoms with Gasteiger partial charge in [0.2, 0.25) is 11.9 Å². The maximum Gasteiger partial charge on any atom is 0.241 e. The predicted molar refractivity (Wildman–Crippen MR) is 87.5 cm³/mol. The second-order valence-corrected chi connectivity index (χ2v) is 6.00. The van der Waals surface area contributed by atoms with Crippen LogP contribution in [0, 0.1) is 0 Å². The van der Waals surface area contributed by atoms with Crippen molar-refractivity contribution in [3.63, 3.8) is 0 Å². The lowest BCUT2D eigenvalue weighted by atomic mass is 10.2. The van der Waals surface area contributed by atoms with Gasteiger partial charge in [-0.15, -0.1) is 0 Å². The third-order valence-electron chi connectivity index (χ3n) is 4.62. The molecule has 23 heavy (non-hydrogen) atoms. The number of amides is 1. The van der Waals surface area contributed by atoms with Gasteiger partial charge >= 0.3 is 0 Å². The van der Waals surface area contributed by atoms with E-state index in [0.717, 1.165) is 50.8 Å². The summed E-state index contributed by atoms with van der Waals surface area (Å²) in [6.45, 7) is 4.73. The highest BCUT2D eigenvalue weighted by Crippen LogP contribution is 2.27. The van der Waals surface area contributed by atoms with Crippen molar-refractivity contribution >= 4 is 17.5 Å². The number of nitrogens with one attached hydrogen (secondary N) is 1. The number of hydrogen-bond donors (Lipinski definition) is 1. The largest absolute Gasteiger partial charge is 0.339 e. The van der Waals surface area contributed by atoms with Crippen molar-refractivity contribution in [1.82, 2.24) is 20.1 Å². The molecule has 2 aromatic rings. The summed E-state index contributed by atoms with van der Waals surface area (Å²) >= 11 is 0. The number of aromatic nitrogens is 3. The zero-order valence-electron chi connectivity index (χ0n) is 13.0. The van der Waals surface area contributed by atoms with E-state index in [1.54, 1.807) is 0 Å². The first kappa shape index (κ1) is 14.2. The van der Waals surface area contributed by atoms with Gasteiger partial charge in [0.05, 0.1) is 6.54 Å². The van der Waals surface area contributed by atoms with Crippen LogP contribution in [-0.4, -0.2) is 65.3 Å². The van der Waals surface area contributed by atoms with Gasteiger partial charge in [0, 0.05) is 38.4 Å². The molecule has 2 aliphatic heterocycles. The topological polar surface area (TPSA) is 68.4 Å². The predicted octanol–water partition coefficient (Wildman–Crippen LogP) is 0.516. The number of fused-ring (bicyclic) bond motifs is 1. The van der Waals surface area contributed by atoms with Crippen molar-refractivity contribution in [3.05, 3.63) is 36.2 Å². The van der Waals surface area contributed by atoms with Crippen LogP contribution < -0.4 is 9.80 Å². The standard InChI is InChI=1S/C16H20N6O/c23-15(22-6-5-13-3-1-2-4-14(13)22)11-20-7-9-21(10-8-20)16-17-12-18-19-16/h1-4,12H,5-11H2,(H,17,18,19). The minimum Gasteiger partial charge on any atom is -0.339 e. The zero-order valence-corrected chi connectivity index (χ0v) is 13.0. The number of rotatable bonds is 3. The molecule has 0 unspecified atom stereocenters. The molecule has 7 heteroatoms. The number of hydrogen-bond acceptors (Lipinski definition) is 5. The summed E-state index contributed by atoms with van der Waals surface area (Å²) in [5.74, 6) is 1.01. The molecule has 0 bridgehead atoms. The van der Waals surface area contributed by atoms with Crippen LogP contribution in [0.15, 0.2) is 30.6 Å². The second kappa shape index (κ2) is 6.00. The van der Waals surface area contributed by atoms with E-state index in [1.807, 2.05) is 23.1 Å². The fourth-order valence-corrected chi connectivity index (χ4v) is 3.34. The van der Waals surface area contributed by atoms with E-state index in [0.29, 0.717) is 6.54 Å². The molecule has 1 N–H and O–H groups in total. The van der Waals surface area contributed by atoms with Gasteiger partial charge in [0.15, 0.2) is 0 Å². The maximum atomic E-state index is 12.6. The van der Waals surface area contributed by atoms with Crippen LogP contribution in [0.1, 0.15) is 5.56 Å². The van der Waals surface area contributed by atoms with E-state index >= 15 is 0 Å². The quantitative estimate of drug-likeness (QED) is 0.895. The Kier molecular flexibility index (Phi) is 3.70. The highest BCUT2D eigenvalue weighted by atomic mass is 16.2. The smallest absolute Gasteiger partial charge is 0.241 e. The Morgan fingerprint density at radius 2 is 1.96 bits per heavy atom. The molecule has 1 amide bonds. The molecule has 1 fully saturated rings. The summed E-state index contributed by atoms with van der Waals surface area (Å²) in [5, 5.41) is 6.78. The Hall–Kier alpha value is -2.41. The SMILES string of the molecule is O=C(CN1CCN(c2ncn[nH]2)CC1)N1CCc2ccccc21. The Balaban J connectivity index is 1.34. The van der Waals surface area contributed by atoms with Gasteiger partial charge in [0.25, 0.3) is 0 Å². The van der Waals surface area contributed by atoms with Crippen LogP contribution in [0.3, 0.4) is 0 Å². The minimum absolute atomic E-state index is 0.197. The third kappa shape index (κ3) is 2.79. The van der Waals surface area contributed by atoms with E-state index in [1.165, 1.54) is 11.9 Å². The number of aromatic amines is 1. The number of H-pyrrole nitrogens is 1. The van der Waals surface area contributed by atoms with Crippen molar-refractivity contribution in [1.29, 1.82) is 0 Å². The minimum atomic E-state index is 0.197. The summed E-state index contributed by atoms with van der Waals surface area (Å²) in [6, 6.07) is 8.19. The molecule has 3 heterocycles. The molecule has 7 nitrogen and oxygen atoms in total. The van der Waals surface area contributed by atoms with Gasteiger partial charge in [0.1, 0.15) is 6.33 Å². The molecular weight excluding hydrogens is 292 g/mol. The van der Waals surface area contributed by atoms with Gasteiger partial charge in [-0.3, -0.25) is 9.69 Å². The molecule has 1 saturated heterocycles. The first-order valence-electron chi connectivity index (χ1n) is 8.02.